The Morgan fingerprint density at radius 3 is 2.54 bits per heavy atom. The lowest BCUT2D eigenvalue weighted by Gasteiger charge is -2.14. The van der Waals surface area contributed by atoms with E-state index in [1.54, 1.807) is 25.1 Å². The first-order valence-corrected chi connectivity index (χ1v) is 9.21. The molecule has 6 heteroatoms. The van der Waals surface area contributed by atoms with Crippen LogP contribution >= 0.6 is 0 Å². The lowest BCUT2D eigenvalue weighted by molar-refractivity contribution is 0.0934. The summed E-state index contributed by atoms with van der Waals surface area (Å²) < 4.78 is 13.7. The summed E-state index contributed by atoms with van der Waals surface area (Å²) in [6, 6.07) is 17.9. The Balaban J connectivity index is 1.64. The molecule has 0 spiro atoms. The van der Waals surface area contributed by atoms with Crippen molar-refractivity contribution in [1.82, 2.24) is 15.3 Å². The molecule has 1 heterocycles. The minimum absolute atomic E-state index is 0.138. The Kier molecular flexibility index (Phi) is 6.32. The Hall–Kier alpha value is -3.28. The van der Waals surface area contributed by atoms with Gasteiger partial charge in [0.15, 0.2) is 0 Å². The van der Waals surface area contributed by atoms with E-state index in [1.807, 2.05) is 43.3 Å². The summed E-state index contributed by atoms with van der Waals surface area (Å²) in [5, 5.41) is 6.09. The van der Waals surface area contributed by atoms with E-state index in [0.717, 1.165) is 5.56 Å². The summed E-state index contributed by atoms with van der Waals surface area (Å²) in [7, 11) is 0. The van der Waals surface area contributed by atoms with Gasteiger partial charge in [-0.25, -0.2) is 14.4 Å². The average Bonchev–Trinajstić information content (AvgIpc) is 2.69. The van der Waals surface area contributed by atoms with Crippen LogP contribution in [0.25, 0.3) is 0 Å². The van der Waals surface area contributed by atoms with Gasteiger partial charge in [-0.2, -0.15) is 0 Å². The SMILES string of the molecule is Cc1nc(NCCc2ccccc2F)cc(C(=O)NC(C)c2ccccc2)n1. The summed E-state index contributed by atoms with van der Waals surface area (Å²) in [6.07, 6.45) is 0.516. The van der Waals surface area contributed by atoms with Crippen LogP contribution in [0.1, 0.15) is 40.4 Å². The molecule has 0 saturated carbocycles. The zero-order chi connectivity index (χ0) is 19.9. The number of carbonyl (C=O) groups excluding carboxylic acids is 1. The van der Waals surface area contributed by atoms with Crippen molar-refractivity contribution in [2.75, 3.05) is 11.9 Å². The predicted molar refractivity (Wildman–Crippen MR) is 108 cm³/mol. The van der Waals surface area contributed by atoms with E-state index >= 15 is 0 Å². The summed E-state index contributed by atoms with van der Waals surface area (Å²) >= 11 is 0. The van der Waals surface area contributed by atoms with Gasteiger partial charge in [-0.05, 0) is 37.5 Å². The van der Waals surface area contributed by atoms with Gasteiger partial charge in [0.1, 0.15) is 23.2 Å². The molecule has 1 unspecified atom stereocenters. The number of nitrogens with one attached hydrogen (secondary N) is 2. The van der Waals surface area contributed by atoms with Crippen LogP contribution in [-0.2, 0) is 6.42 Å². The van der Waals surface area contributed by atoms with E-state index in [4.69, 9.17) is 0 Å². The number of carbonyl (C=O) groups is 1. The lowest BCUT2D eigenvalue weighted by atomic mass is 10.1. The van der Waals surface area contributed by atoms with Crippen LogP contribution in [0.4, 0.5) is 10.2 Å². The number of anilines is 1. The number of rotatable bonds is 7. The maximum atomic E-state index is 13.7. The number of hydrogen-bond acceptors (Lipinski definition) is 4. The van der Waals surface area contributed by atoms with Crippen LogP contribution in [0, 0.1) is 12.7 Å². The Morgan fingerprint density at radius 1 is 1.07 bits per heavy atom. The number of nitrogens with zero attached hydrogens (tertiary/aromatic N) is 2. The van der Waals surface area contributed by atoms with Gasteiger partial charge in [-0.15, -0.1) is 0 Å². The maximum absolute atomic E-state index is 13.7. The number of aromatic nitrogens is 2. The van der Waals surface area contributed by atoms with Gasteiger partial charge in [0.05, 0.1) is 6.04 Å². The highest BCUT2D eigenvalue weighted by atomic mass is 19.1. The van der Waals surface area contributed by atoms with Crippen LogP contribution in [0.2, 0.25) is 0 Å². The van der Waals surface area contributed by atoms with Crippen molar-refractivity contribution in [1.29, 1.82) is 0 Å². The second kappa shape index (κ2) is 9.08. The van der Waals surface area contributed by atoms with E-state index in [-0.39, 0.29) is 17.8 Å². The van der Waals surface area contributed by atoms with Crippen molar-refractivity contribution in [2.45, 2.75) is 26.3 Å². The van der Waals surface area contributed by atoms with E-state index < -0.39 is 0 Å². The minimum atomic E-state index is -0.265. The molecule has 1 aromatic heterocycles. The summed E-state index contributed by atoms with van der Waals surface area (Å²) in [5.41, 5.74) is 1.95. The normalized spacial score (nSPS) is 11.7. The fourth-order valence-electron chi connectivity index (χ4n) is 2.90. The van der Waals surface area contributed by atoms with Crippen molar-refractivity contribution >= 4 is 11.7 Å². The highest BCUT2D eigenvalue weighted by Crippen LogP contribution is 2.14. The predicted octanol–water partition coefficient (Wildman–Crippen LogP) is 4.07. The van der Waals surface area contributed by atoms with Crippen molar-refractivity contribution in [2.24, 2.45) is 0 Å². The smallest absolute Gasteiger partial charge is 0.270 e. The number of benzene rings is 2. The fourth-order valence-corrected chi connectivity index (χ4v) is 2.90. The van der Waals surface area contributed by atoms with Gasteiger partial charge >= 0.3 is 0 Å². The second-order valence-electron chi connectivity index (χ2n) is 6.56. The largest absolute Gasteiger partial charge is 0.370 e. The van der Waals surface area contributed by atoms with Gasteiger partial charge in [0.2, 0.25) is 0 Å². The molecule has 0 aliphatic heterocycles. The van der Waals surface area contributed by atoms with Crippen LogP contribution in [0.3, 0.4) is 0 Å². The van der Waals surface area contributed by atoms with E-state index in [9.17, 15) is 9.18 Å². The molecule has 3 rings (SSSR count). The van der Waals surface area contributed by atoms with Crippen molar-refractivity contribution in [3.8, 4) is 0 Å². The Bertz CT molecular complexity index is 946. The molecule has 0 bridgehead atoms. The molecule has 1 atom stereocenters. The zero-order valence-corrected chi connectivity index (χ0v) is 15.9. The molecular weight excluding hydrogens is 355 g/mol. The molecule has 28 heavy (non-hydrogen) atoms. The molecule has 5 nitrogen and oxygen atoms in total. The van der Waals surface area contributed by atoms with Crippen molar-refractivity contribution in [3.05, 3.63) is 89.1 Å². The molecular formula is C22H23FN4O. The molecule has 3 aromatic rings. The molecule has 0 radical (unpaired) electrons. The van der Waals surface area contributed by atoms with Gasteiger partial charge < -0.3 is 10.6 Å². The molecule has 2 aromatic carbocycles. The van der Waals surface area contributed by atoms with Crippen LogP contribution < -0.4 is 10.6 Å². The molecule has 2 N–H and O–H groups in total. The first-order chi connectivity index (χ1) is 13.5. The lowest BCUT2D eigenvalue weighted by Crippen LogP contribution is -2.28. The number of amides is 1. The number of hydrogen-bond donors (Lipinski definition) is 2. The monoisotopic (exact) mass is 378 g/mol. The Labute approximate surface area is 164 Å². The summed E-state index contributed by atoms with van der Waals surface area (Å²) in [5.74, 6) is 0.548. The minimum Gasteiger partial charge on any atom is -0.370 e. The Morgan fingerprint density at radius 2 is 1.79 bits per heavy atom. The first-order valence-electron chi connectivity index (χ1n) is 9.21. The van der Waals surface area contributed by atoms with Crippen LogP contribution in [0.5, 0.6) is 0 Å². The molecule has 1 amide bonds. The average molecular weight is 378 g/mol. The molecule has 0 aliphatic rings. The van der Waals surface area contributed by atoms with Gasteiger partial charge in [-0.3, -0.25) is 4.79 Å². The van der Waals surface area contributed by atoms with Gasteiger partial charge in [-0.1, -0.05) is 48.5 Å². The third-order valence-corrected chi connectivity index (χ3v) is 4.38. The fraction of sp³-hybridized carbons (Fsp3) is 0.227. The second-order valence-corrected chi connectivity index (χ2v) is 6.56. The quantitative estimate of drug-likeness (QED) is 0.650. The molecule has 0 saturated heterocycles. The summed E-state index contributed by atoms with van der Waals surface area (Å²) in [4.78, 5) is 21.1. The molecule has 0 fully saturated rings. The highest BCUT2D eigenvalue weighted by molar-refractivity contribution is 5.93. The molecule has 0 aliphatic carbocycles. The standard InChI is InChI=1S/C22H23FN4O/c1-15(17-8-4-3-5-9-17)25-22(28)20-14-21(27-16(2)26-20)24-13-12-18-10-6-7-11-19(18)23/h3-11,14-15H,12-13H2,1-2H3,(H,25,28)(H,24,26,27). The van der Waals surface area contributed by atoms with Crippen molar-refractivity contribution in [3.63, 3.8) is 0 Å². The highest BCUT2D eigenvalue weighted by Gasteiger charge is 2.14. The van der Waals surface area contributed by atoms with Gasteiger partial charge in [0, 0.05) is 12.6 Å². The maximum Gasteiger partial charge on any atom is 0.270 e. The number of aryl methyl sites for hydroxylation is 1. The van der Waals surface area contributed by atoms with Crippen LogP contribution in [0.15, 0.2) is 60.7 Å². The first kappa shape index (κ1) is 19.5. The van der Waals surface area contributed by atoms with Crippen molar-refractivity contribution < 1.29 is 9.18 Å². The van der Waals surface area contributed by atoms with E-state index in [1.165, 1.54) is 6.07 Å². The summed E-state index contributed by atoms with van der Waals surface area (Å²) in [6.45, 7) is 4.16. The number of halogens is 1. The third-order valence-electron chi connectivity index (χ3n) is 4.38. The van der Waals surface area contributed by atoms with Crippen LogP contribution in [-0.4, -0.2) is 22.4 Å². The third kappa shape index (κ3) is 5.13. The topological polar surface area (TPSA) is 66.9 Å². The molecule has 144 valence electrons. The van der Waals surface area contributed by atoms with Gasteiger partial charge in [0.25, 0.3) is 5.91 Å². The zero-order valence-electron chi connectivity index (χ0n) is 15.9. The van der Waals surface area contributed by atoms with E-state index in [2.05, 4.69) is 20.6 Å². The van der Waals surface area contributed by atoms with E-state index in [0.29, 0.717) is 35.9 Å².